The fourth-order valence-electron chi connectivity index (χ4n) is 1.69. The van der Waals surface area contributed by atoms with Crippen LogP contribution in [-0.2, 0) is 0 Å². The van der Waals surface area contributed by atoms with E-state index in [2.05, 4.69) is 20.3 Å². The van der Waals surface area contributed by atoms with E-state index in [9.17, 15) is 0 Å². The van der Waals surface area contributed by atoms with Gasteiger partial charge in [-0.3, -0.25) is 5.10 Å². The number of nitrogen functional groups attached to an aromatic ring is 1. The molecule has 2 aromatic heterocycles. The normalized spacial score (nSPS) is 10.7. The zero-order valence-electron chi connectivity index (χ0n) is 9.71. The third kappa shape index (κ3) is 1.73. The summed E-state index contributed by atoms with van der Waals surface area (Å²) < 4.78 is 5.22. The molecule has 0 aliphatic carbocycles. The minimum Gasteiger partial charge on any atom is -0.399 e. The van der Waals surface area contributed by atoms with E-state index in [4.69, 9.17) is 10.3 Å². The van der Waals surface area contributed by atoms with Crippen molar-refractivity contribution in [1.82, 2.24) is 20.3 Å². The first-order valence-electron chi connectivity index (χ1n) is 5.44. The molecule has 6 heteroatoms. The van der Waals surface area contributed by atoms with Gasteiger partial charge in [-0.2, -0.15) is 10.1 Å². The van der Waals surface area contributed by atoms with Crippen LogP contribution >= 0.6 is 0 Å². The number of nitrogens with zero attached hydrogens (tertiary/aromatic N) is 3. The number of hydrogen-bond donors (Lipinski definition) is 2. The van der Waals surface area contributed by atoms with Gasteiger partial charge in [0.1, 0.15) is 0 Å². The maximum Gasteiger partial charge on any atom is 0.261 e. The topological polar surface area (TPSA) is 93.6 Å². The van der Waals surface area contributed by atoms with Crippen molar-refractivity contribution in [3.8, 4) is 22.8 Å². The van der Waals surface area contributed by atoms with Crippen LogP contribution < -0.4 is 5.73 Å². The molecule has 0 radical (unpaired) electrons. The number of hydrogen-bond acceptors (Lipinski definition) is 5. The molecule has 3 rings (SSSR count). The zero-order chi connectivity index (χ0) is 12.5. The Labute approximate surface area is 103 Å². The van der Waals surface area contributed by atoms with Gasteiger partial charge in [0.05, 0.1) is 11.8 Å². The van der Waals surface area contributed by atoms with Crippen LogP contribution in [0.5, 0.6) is 0 Å². The van der Waals surface area contributed by atoms with Gasteiger partial charge in [0, 0.05) is 16.9 Å². The van der Waals surface area contributed by atoms with E-state index >= 15 is 0 Å². The molecule has 0 aliphatic heterocycles. The number of H-pyrrole nitrogens is 1. The highest BCUT2D eigenvalue weighted by molar-refractivity contribution is 5.63. The van der Waals surface area contributed by atoms with Crippen LogP contribution in [0, 0.1) is 6.92 Å². The smallest absolute Gasteiger partial charge is 0.261 e. The van der Waals surface area contributed by atoms with Crippen molar-refractivity contribution in [2.45, 2.75) is 6.92 Å². The number of aromatic amines is 1. The Hall–Kier alpha value is -2.63. The largest absolute Gasteiger partial charge is 0.399 e. The average molecular weight is 241 g/mol. The van der Waals surface area contributed by atoms with Gasteiger partial charge in [0.2, 0.25) is 5.82 Å². The predicted molar refractivity (Wildman–Crippen MR) is 66.5 cm³/mol. The molecule has 0 amide bonds. The summed E-state index contributed by atoms with van der Waals surface area (Å²) in [5.41, 5.74) is 8.90. The second-order valence-electron chi connectivity index (χ2n) is 3.96. The van der Waals surface area contributed by atoms with Crippen molar-refractivity contribution >= 4 is 5.69 Å². The molecule has 0 atom stereocenters. The first kappa shape index (κ1) is 10.5. The molecule has 6 nitrogen and oxygen atoms in total. The second-order valence-corrected chi connectivity index (χ2v) is 3.96. The third-order valence-electron chi connectivity index (χ3n) is 2.63. The van der Waals surface area contributed by atoms with E-state index in [0.29, 0.717) is 17.4 Å². The highest BCUT2D eigenvalue weighted by Crippen LogP contribution is 2.24. The highest BCUT2D eigenvalue weighted by Gasteiger charge is 2.13. The maximum absolute atomic E-state index is 5.72. The number of nitrogens with one attached hydrogen (secondary N) is 1. The molecule has 90 valence electrons. The number of rotatable bonds is 2. The standard InChI is InChI=1S/C12H11N5O/c1-7-10(6-14-16-7)12-15-11(17-18-12)8-3-2-4-9(13)5-8/h2-6H,13H2,1H3,(H,14,16). The predicted octanol–water partition coefficient (Wildman–Crippen LogP) is 2.02. The summed E-state index contributed by atoms with van der Waals surface area (Å²) in [7, 11) is 0. The van der Waals surface area contributed by atoms with Gasteiger partial charge in [-0.25, -0.2) is 0 Å². The highest BCUT2D eigenvalue weighted by atomic mass is 16.5. The zero-order valence-corrected chi connectivity index (χ0v) is 9.71. The van der Waals surface area contributed by atoms with Crippen LogP contribution in [0.1, 0.15) is 5.69 Å². The van der Waals surface area contributed by atoms with Gasteiger partial charge in [-0.05, 0) is 19.1 Å². The van der Waals surface area contributed by atoms with Crippen LogP contribution in [0.4, 0.5) is 5.69 Å². The minimum absolute atomic E-state index is 0.443. The molecule has 0 saturated heterocycles. The number of aromatic nitrogens is 4. The lowest BCUT2D eigenvalue weighted by atomic mass is 10.2. The molecule has 0 spiro atoms. The van der Waals surface area contributed by atoms with Gasteiger partial charge >= 0.3 is 0 Å². The number of anilines is 1. The third-order valence-corrected chi connectivity index (χ3v) is 2.63. The second kappa shape index (κ2) is 3.99. The quantitative estimate of drug-likeness (QED) is 0.669. The lowest BCUT2D eigenvalue weighted by Crippen LogP contribution is -1.86. The van der Waals surface area contributed by atoms with Crippen molar-refractivity contribution in [1.29, 1.82) is 0 Å². The molecule has 0 aliphatic rings. The van der Waals surface area contributed by atoms with Gasteiger partial charge in [0.25, 0.3) is 5.89 Å². The van der Waals surface area contributed by atoms with Crippen molar-refractivity contribution in [2.24, 2.45) is 0 Å². The van der Waals surface area contributed by atoms with E-state index in [1.807, 2.05) is 25.1 Å². The minimum atomic E-state index is 0.443. The Morgan fingerprint density at radius 1 is 1.33 bits per heavy atom. The molecule has 0 saturated carbocycles. The summed E-state index contributed by atoms with van der Waals surface area (Å²) in [6, 6.07) is 7.35. The van der Waals surface area contributed by atoms with E-state index in [1.54, 1.807) is 12.3 Å². The summed E-state index contributed by atoms with van der Waals surface area (Å²) in [5.74, 6) is 0.955. The maximum atomic E-state index is 5.72. The Morgan fingerprint density at radius 2 is 2.22 bits per heavy atom. The Balaban J connectivity index is 2.02. The molecule has 3 N–H and O–H groups in total. The fourth-order valence-corrected chi connectivity index (χ4v) is 1.69. The molecule has 2 heterocycles. The first-order chi connectivity index (χ1) is 8.74. The number of benzene rings is 1. The summed E-state index contributed by atoms with van der Waals surface area (Å²) in [6.45, 7) is 1.90. The van der Waals surface area contributed by atoms with Gasteiger partial charge < -0.3 is 10.3 Å². The molecule has 0 fully saturated rings. The Kier molecular flexibility index (Phi) is 2.33. The number of nitrogens with two attached hydrogens (primary N) is 1. The van der Waals surface area contributed by atoms with Crippen LogP contribution in [0.15, 0.2) is 35.0 Å². The monoisotopic (exact) mass is 241 g/mol. The summed E-state index contributed by atoms with van der Waals surface area (Å²) in [6.07, 6.45) is 1.66. The van der Waals surface area contributed by atoms with E-state index in [0.717, 1.165) is 16.8 Å². The van der Waals surface area contributed by atoms with Crippen LogP contribution in [-0.4, -0.2) is 20.3 Å². The SMILES string of the molecule is Cc1[nH]ncc1-c1nc(-c2cccc(N)c2)no1. The van der Waals surface area contributed by atoms with E-state index < -0.39 is 0 Å². The lowest BCUT2D eigenvalue weighted by Gasteiger charge is -1.95. The molecular weight excluding hydrogens is 230 g/mol. The Bertz CT molecular complexity index is 685. The van der Waals surface area contributed by atoms with Gasteiger partial charge in [-0.15, -0.1) is 0 Å². The van der Waals surface area contributed by atoms with Crippen molar-refractivity contribution < 1.29 is 4.52 Å². The number of aryl methyl sites for hydroxylation is 1. The van der Waals surface area contributed by atoms with Gasteiger partial charge in [0.15, 0.2) is 0 Å². The average Bonchev–Trinajstić information content (AvgIpc) is 2.97. The Morgan fingerprint density at radius 3 is 2.94 bits per heavy atom. The molecule has 0 bridgehead atoms. The van der Waals surface area contributed by atoms with E-state index in [-0.39, 0.29) is 0 Å². The van der Waals surface area contributed by atoms with Crippen molar-refractivity contribution in [3.63, 3.8) is 0 Å². The van der Waals surface area contributed by atoms with E-state index in [1.165, 1.54) is 0 Å². The summed E-state index contributed by atoms with van der Waals surface area (Å²) in [5, 5.41) is 10.7. The molecule has 18 heavy (non-hydrogen) atoms. The molecular formula is C12H11N5O. The molecule has 3 aromatic rings. The van der Waals surface area contributed by atoms with Crippen molar-refractivity contribution in [3.05, 3.63) is 36.2 Å². The van der Waals surface area contributed by atoms with Crippen LogP contribution in [0.2, 0.25) is 0 Å². The van der Waals surface area contributed by atoms with Gasteiger partial charge in [-0.1, -0.05) is 17.3 Å². The molecule has 1 aromatic carbocycles. The summed E-state index contributed by atoms with van der Waals surface area (Å²) in [4.78, 5) is 4.33. The first-order valence-corrected chi connectivity index (χ1v) is 5.44. The van der Waals surface area contributed by atoms with Crippen LogP contribution in [0.3, 0.4) is 0 Å². The fraction of sp³-hybridized carbons (Fsp3) is 0.0833. The van der Waals surface area contributed by atoms with Crippen molar-refractivity contribution in [2.75, 3.05) is 5.73 Å². The lowest BCUT2D eigenvalue weighted by molar-refractivity contribution is 0.432. The van der Waals surface area contributed by atoms with Crippen LogP contribution in [0.25, 0.3) is 22.8 Å². The summed E-state index contributed by atoms with van der Waals surface area (Å²) >= 11 is 0. The molecule has 0 unspecified atom stereocenters.